The quantitative estimate of drug-likeness (QED) is 0.820. The Morgan fingerprint density at radius 3 is 2.33 bits per heavy atom. The number of piperazine rings is 1. The van der Waals surface area contributed by atoms with E-state index in [0.717, 1.165) is 0 Å². The highest BCUT2D eigenvalue weighted by Gasteiger charge is 2.28. The largest absolute Gasteiger partial charge is 0.335 e. The first-order valence-corrected chi connectivity index (χ1v) is 8.64. The molecule has 126 valence electrons. The zero-order chi connectivity index (χ0) is 17.3. The maximum Gasteiger partial charge on any atom is 0.258 e. The van der Waals surface area contributed by atoms with E-state index >= 15 is 0 Å². The van der Waals surface area contributed by atoms with Crippen LogP contribution in [-0.4, -0.2) is 52.2 Å². The van der Waals surface area contributed by atoms with Gasteiger partial charge in [-0.2, -0.15) is 4.37 Å². The number of aromatic nitrogens is 1. The number of carbonyl (C=O) groups excluding carboxylic acids is 2. The van der Waals surface area contributed by atoms with Crippen molar-refractivity contribution in [3.8, 4) is 0 Å². The SMILES string of the molecule is Cc1nscc1C(=O)N1CCN(C(=O)c2c(F)cccc2Cl)CC1. The summed E-state index contributed by atoms with van der Waals surface area (Å²) in [5.74, 6) is -1.16. The van der Waals surface area contributed by atoms with E-state index in [1.165, 1.54) is 34.6 Å². The van der Waals surface area contributed by atoms with Gasteiger partial charge in [0, 0.05) is 31.6 Å². The molecular weight excluding hydrogens is 353 g/mol. The minimum absolute atomic E-state index is 0.0859. The van der Waals surface area contributed by atoms with E-state index in [1.54, 1.807) is 17.2 Å². The summed E-state index contributed by atoms with van der Waals surface area (Å²) in [6.45, 7) is 3.26. The van der Waals surface area contributed by atoms with Crippen LogP contribution in [0.2, 0.25) is 5.02 Å². The van der Waals surface area contributed by atoms with Gasteiger partial charge in [-0.25, -0.2) is 4.39 Å². The van der Waals surface area contributed by atoms with Crippen molar-refractivity contribution in [2.75, 3.05) is 26.2 Å². The smallest absolute Gasteiger partial charge is 0.258 e. The van der Waals surface area contributed by atoms with E-state index in [2.05, 4.69) is 4.37 Å². The van der Waals surface area contributed by atoms with E-state index < -0.39 is 11.7 Å². The first kappa shape index (κ1) is 16.9. The van der Waals surface area contributed by atoms with Crippen molar-refractivity contribution in [2.24, 2.45) is 0 Å². The molecule has 1 aliphatic rings. The molecule has 0 spiro atoms. The minimum atomic E-state index is -0.633. The first-order valence-electron chi connectivity index (χ1n) is 7.42. The minimum Gasteiger partial charge on any atom is -0.335 e. The molecule has 1 aromatic carbocycles. The molecule has 2 aromatic rings. The van der Waals surface area contributed by atoms with Crippen LogP contribution in [-0.2, 0) is 0 Å². The fourth-order valence-electron chi connectivity index (χ4n) is 2.64. The lowest BCUT2D eigenvalue weighted by Gasteiger charge is -2.35. The predicted molar refractivity (Wildman–Crippen MR) is 90.1 cm³/mol. The number of hydrogen-bond acceptors (Lipinski definition) is 4. The molecule has 0 radical (unpaired) electrons. The third-order valence-electron chi connectivity index (χ3n) is 4.01. The number of rotatable bonds is 2. The third-order valence-corrected chi connectivity index (χ3v) is 5.05. The molecule has 0 N–H and O–H groups in total. The van der Waals surface area contributed by atoms with E-state index in [4.69, 9.17) is 11.6 Å². The van der Waals surface area contributed by atoms with Crippen LogP contribution < -0.4 is 0 Å². The maximum absolute atomic E-state index is 13.9. The molecule has 1 fully saturated rings. The molecule has 3 rings (SSSR count). The lowest BCUT2D eigenvalue weighted by atomic mass is 10.1. The Hall–Kier alpha value is -1.99. The van der Waals surface area contributed by atoms with Gasteiger partial charge in [-0.05, 0) is 30.6 Å². The van der Waals surface area contributed by atoms with Gasteiger partial charge in [-0.3, -0.25) is 9.59 Å². The van der Waals surface area contributed by atoms with Crippen molar-refractivity contribution < 1.29 is 14.0 Å². The highest BCUT2D eigenvalue weighted by Crippen LogP contribution is 2.22. The van der Waals surface area contributed by atoms with E-state index in [9.17, 15) is 14.0 Å². The first-order chi connectivity index (χ1) is 11.5. The van der Waals surface area contributed by atoms with Crippen molar-refractivity contribution >= 4 is 34.9 Å². The van der Waals surface area contributed by atoms with Crippen LogP contribution in [0, 0.1) is 12.7 Å². The van der Waals surface area contributed by atoms with Gasteiger partial charge < -0.3 is 9.80 Å². The molecule has 1 aliphatic heterocycles. The van der Waals surface area contributed by atoms with Crippen LogP contribution >= 0.6 is 23.1 Å². The summed E-state index contributed by atoms with van der Waals surface area (Å²) in [6.07, 6.45) is 0. The fraction of sp³-hybridized carbons (Fsp3) is 0.312. The van der Waals surface area contributed by atoms with Gasteiger partial charge in [0.1, 0.15) is 5.82 Å². The Kier molecular flexibility index (Phi) is 4.82. The summed E-state index contributed by atoms with van der Waals surface area (Å²) in [4.78, 5) is 28.1. The van der Waals surface area contributed by atoms with Gasteiger partial charge in [0.05, 0.1) is 21.8 Å². The molecule has 2 amide bonds. The number of benzene rings is 1. The Bertz CT molecular complexity index is 767. The molecule has 1 saturated heterocycles. The Morgan fingerprint density at radius 1 is 1.17 bits per heavy atom. The van der Waals surface area contributed by atoms with Gasteiger partial charge >= 0.3 is 0 Å². The molecule has 5 nitrogen and oxygen atoms in total. The Morgan fingerprint density at radius 2 is 1.79 bits per heavy atom. The van der Waals surface area contributed by atoms with Gasteiger partial charge in [0.15, 0.2) is 0 Å². The molecule has 0 bridgehead atoms. The summed E-state index contributed by atoms with van der Waals surface area (Å²) in [7, 11) is 0. The fourth-order valence-corrected chi connectivity index (χ4v) is 3.57. The molecule has 24 heavy (non-hydrogen) atoms. The topological polar surface area (TPSA) is 53.5 Å². The number of amides is 2. The highest BCUT2D eigenvalue weighted by molar-refractivity contribution is 7.03. The zero-order valence-electron chi connectivity index (χ0n) is 13.0. The van der Waals surface area contributed by atoms with Crippen molar-refractivity contribution in [3.63, 3.8) is 0 Å². The number of halogens is 2. The van der Waals surface area contributed by atoms with E-state index in [-0.39, 0.29) is 16.5 Å². The standard InChI is InChI=1S/C16H15ClFN3O2S/c1-10-11(9-24-19-10)15(22)20-5-7-21(8-6-20)16(23)14-12(17)3-2-4-13(14)18/h2-4,9H,5-8H2,1H3. The second kappa shape index (κ2) is 6.86. The van der Waals surface area contributed by atoms with Crippen LogP contribution in [0.5, 0.6) is 0 Å². The van der Waals surface area contributed by atoms with Crippen LogP contribution in [0.15, 0.2) is 23.6 Å². The van der Waals surface area contributed by atoms with Gasteiger partial charge in [0.2, 0.25) is 0 Å². The summed E-state index contributed by atoms with van der Waals surface area (Å²) < 4.78 is 18.0. The highest BCUT2D eigenvalue weighted by atomic mass is 35.5. The van der Waals surface area contributed by atoms with Crippen molar-refractivity contribution in [1.82, 2.24) is 14.2 Å². The van der Waals surface area contributed by atoms with Gasteiger partial charge in [-0.15, -0.1) is 0 Å². The van der Waals surface area contributed by atoms with Crippen LogP contribution in [0.25, 0.3) is 0 Å². The zero-order valence-corrected chi connectivity index (χ0v) is 14.5. The molecule has 2 heterocycles. The summed E-state index contributed by atoms with van der Waals surface area (Å²) in [5, 5.41) is 1.83. The average molecular weight is 368 g/mol. The molecule has 0 atom stereocenters. The number of nitrogens with zero attached hydrogens (tertiary/aromatic N) is 3. The van der Waals surface area contributed by atoms with E-state index in [0.29, 0.717) is 37.4 Å². The second-order valence-corrected chi connectivity index (χ2v) is 6.53. The van der Waals surface area contributed by atoms with Crippen molar-refractivity contribution in [1.29, 1.82) is 0 Å². The Balaban J connectivity index is 1.68. The van der Waals surface area contributed by atoms with E-state index in [1.807, 2.05) is 0 Å². The third kappa shape index (κ3) is 3.14. The second-order valence-electron chi connectivity index (χ2n) is 5.49. The number of aryl methyl sites for hydroxylation is 1. The summed E-state index contributed by atoms with van der Waals surface area (Å²) in [5.41, 5.74) is 1.19. The summed E-state index contributed by atoms with van der Waals surface area (Å²) >= 11 is 7.20. The van der Waals surface area contributed by atoms with Crippen molar-refractivity contribution in [3.05, 3.63) is 51.2 Å². The van der Waals surface area contributed by atoms with Gasteiger partial charge in [-0.1, -0.05) is 17.7 Å². The normalized spacial score (nSPS) is 14.8. The maximum atomic E-state index is 13.9. The molecule has 1 aromatic heterocycles. The monoisotopic (exact) mass is 367 g/mol. The molecular formula is C16H15ClFN3O2S. The predicted octanol–water partition coefficient (Wildman–Crippen LogP) is 2.84. The Labute approximate surface area is 147 Å². The lowest BCUT2D eigenvalue weighted by molar-refractivity contribution is 0.0532. The summed E-state index contributed by atoms with van der Waals surface area (Å²) in [6, 6.07) is 4.16. The number of carbonyl (C=O) groups is 2. The molecule has 8 heteroatoms. The van der Waals surface area contributed by atoms with Crippen molar-refractivity contribution in [2.45, 2.75) is 6.92 Å². The van der Waals surface area contributed by atoms with Crippen LogP contribution in [0.3, 0.4) is 0 Å². The van der Waals surface area contributed by atoms with Crippen LogP contribution in [0.4, 0.5) is 4.39 Å². The van der Waals surface area contributed by atoms with Crippen LogP contribution in [0.1, 0.15) is 26.4 Å². The molecule has 0 unspecified atom stereocenters. The van der Waals surface area contributed by atoms with Gasteiger partial charge in [0.25, 0.3) is 11.8 Å². The number of hydrogen-bond donors (Lipinski definition) is 0. The molecule has 0 saturated carbocycles. The molecule has 0 aliphatic carbocycles. The lowest BCUT2D eigenvalue weighted by Crippen LogP contribution is -2.50. The average Bonchev–Trinajstić information content (AvgIpc) is 3.00.